The highest BCUT2D eigenvalue weighted by Crippen LogP contribution is 2.31. The number of nitrogens with zero attached hydrogens (tertiary/aromatic N) is 3. The van der Waals surface area contributed by atoms with Crippen LogP contribution in [0.15, 0.2) is 21.6 Å². The number of aryl methyl sites for hydroxylation is 2. The Morgan fingerprint density at radius 1 is 0.947 bits per heavy atom. The molecular weight excluding hydrogens is 528 g/mol. The Balaban J connectivity index is 0.000000277. The van der Waals surface area contributed by atoms with E-state index < -0.39 is 46.6 Å². The zero-order valence-electron chi connectivity index (χ0n) is 21.2. The van der Waals surface area contributed by atoms with E-state index in [1.54, 1.807) is 34.6 Å². The third-order valence-electron chi connectivity index (χ3n) is 6.04. The van der Waals surface area contributed by atoms with Crippen molar-refractivity contribution in [1.29, 1.82) is 0 Å². The number of nitrogens with two attached hydrogens (primary N) is 1. The SMILES string of the molecule is Cc1nocc1[C@]1(CN(C(=O)O)C(C)(C)C)NC(=O)NC1=O.Cc1nocc1[C@]1(CN)NC(=O)NC1=O.Cl. The monoisotopic (exact) mass is 556 g/mol. The van der Waals surface area contributed by atoms with Gasteiger partial charge >= 0.3 is 18.2 Å². The Kier molecular flexibility index (Phi) is 8.43. The van der Waals surface area contributed by atoms with E-state index in [-0.39, 0.29) is 25.5 Å². The molecule has 0 bridgehead atoms. The van der Waals surface area contributed by atoms with E-state index in [4.69, 9.17) is 14.8 Å². The lowest BCUT2D eigenvalue weighted by atomic mass is 9.88. The first-order valence-corrected chi connectivity index (χ1v) is 11.0. The van der Waals surface area contributed by atoms with Crippen molar-refractivity contribution in [3.63, 3.8) is 0 Å². The summed E-state index contributed by atoms with van der Waals surface area (Å²) in [6, 6.07) is -1.25. The van der Waals surface area contributed by atoms with Crippen molar-refractivity contribution in [3.8, 4) is 0 Å². The molecule has 0 radical (unpaired) electrons. The van der Waals surface area contributed by atoms with Gasteiger partial charge in [0, 0.05) is 12.1 Å². The Bertz CT molecular complexity index is 1250. The van der Waals surface area contributed by atoms with Gasteiger partial charge in [-0.1, -0.05) is 10.3 Å². The highest BCUT2D eigenvalue weighted by atomic mass is 35.5. The number of urea groups is 2. The molecule has 2 aromatic rings. The molecule has 4 heterocycles. The summed E-state index contributed by atoms with van der Waals surface area (Å²) in [5, 5.41) is 26.1. The predicted molar refractivity (Wildman–Crippen MR) is 130 cm³/mol. The number of hydrogen-bond acceptors (Lipinski definition) is 10. The summed E-state index contributed by atoms with van der Waals surface area (Å²) in [6.45, 7) is 8.07. The molecule has 7 amide bonds. The molecule has 2 aliphatic heterocycles. The van der Waals surface area contributed by atoms with E-state index in [0.717, 1.165) is 4.90 Å². The number of halogens is 1. The summed E-state index contributed by atoms with van der Waals surface area (Å²) in [6.07, 6.45) is 1.35. The molecule has 2 aromatic heterocycles. The van der Waals surface area contributed by atoms with Gasteiger partial charge in [0.05, 0.1) is 29.1 Å². The van der Waals surface area contributed by atoms with Crippen LogP contribution in [0.25, 0.3) is 0 Å². The Hall–Kier alpha value is -4.18. The van der Waals surface area contributed by atoms with Crippen LogP contribution in [0.5, 0.6) is 0 Å². The first kappa shape index (κ1) is 30.0. The molecule has 0 saturated carbocycles. The van der Waals surface area contributed by atoms with Crippen LogP contribution in [0.1, 0.15) is 43.3 Å². The van der Waals surface area contributed by atoms with E-state index >= 15 is 0 Å². The van der Waals surface area contributed by atoms with Crippen molar-refractivity contribution >= 4 is 42.4 Å². The molecule has 0 aliphatic carbocycles. The van der Waals surface area contributed by atoms with E-state index in [1.165, 1.54) is 12.5 Å². The smallest absolute Gasteiger partial charge is 0.407 e. The van der Waals surface area contributed by atoms with Crippen LogP contribution in [0.3, 0.4) is 0 Å². The lowest BCUT2D eigenvalue weighted by Crippen LogP contribution is -2.58. The fraction of sp³-hybridized carbons (Fsp3) is 0.476. The predicted octanol–water partition coefficient (Wildman–Crippen LogP) is 0.194. The number of rotatable bonds is 5. The molecule has 2 fully saturated rings. The lowest BCUT2D eigenvalue weighted by Gasteiger charge is -2.38. The van der Waals surface area contributed by atoms with Gasteiger partial charge < -0.3 is 35.4 Å². The first-order chi connectivity index (χ1) is 17.2. The fourth-order valence-electron chi connectivity index (χ4n) is 4.05. The third-order valence-corrected chi connectivity index (χ3v) is 6.04. The second-order valence-electron chi connectivity index (χ2n) is 9.50. The van der Waals surface area contributed by atoms with Crippen LogP contribution in [0.4, 0.5) is 14.4 Å². The van der Waals surface area contributed by atoms with Gasteiger partial charge in [-0.25, -0.2) is 14.4 Å². The summed E-state index contributed by atoms with van der Waals surface area (Å²) in [4.78, 5) is 59.4. The van der Waals surface area contributed by atoms with Gasteiger partial charge in [-0.05, 0) is 34.6 Å². The standard InChI is InChI=1S/C13H18N4O5.C8H10N4O3.ClH/c1-7-8(5-22-16-7)13(9(18)14-10(19)15-13)6-17(11(20)21)12(2,3)4;1-4-5(2-15-12-4)8(3-9)6(13)10-7(14)11-8;/h5H,6H2,1-4H3,(H,20,21)(H2,14,15,18,19);2H,3,9H2,1H3,(H2,10,11,13,14);1H/t13-;8-;/m00./s1. The topological polar surface area (TPSA) is 235 Å². The molecule has 17 heteroatoms. The molecule has 38 heavy (non-hydrogen) atoms. The number of carbonyl (C=O) groups is 5. The summed E-state index contributed by atoms with van der Waals surface area (Å²) in [5.41, 5.74) is 3.69. The van der Waals surface area contributed by atoms with Crippen LogP contribution < -0.4 is 27.0 Å². The number of hydrogen-bond donors (Lipinski definition) is 6. The molecule has 2 aliphatic rings. The number of amides is 7. The Morgan fingerprint density at radius 2 is 1.37 bits per heavy atom. The molecule has 4 rings (SSSR count). The highest BCUT2D eigenvalue weighted by Gasteiger charge is 2.53. The van der Waals surface area contributed by atoms with Crippen LogP contribution in [0, 0.1) is 13.8 Å². The van der Waals surface area contributed by atoms with Crippen molar-refractivity contribution in [2.24, 2.45) is 5.73 Å². The number of carbonyl (C=O) groups excluding carboxylic acids is 4. The van der Waals surface area contributed by atoms with Crippen molar-refractivity contribution < 1.29 is 38.1 Å². The molecule has 208 valence electrons. The average molecular weight is 557 g/mol. The molecule has 7 N–H and O–H groups in total. The number of aromatic nitrogens is 2. The first-order valence-electron chi connectivity index (χ1n) is 11.0. The minimum atomic E-state index is -1.56. The highest BCUT2D eigenvalue weighted by molar-refractivity contribution is 6.08. The fourth-order valence-corrected chi connectivity index (χ4v) is 4.05. The quantitative estimate of drug-likeness (QED) is 0.272. The minimum absolute atomic E-state index is 0. The van der Waals surface area contributed by atoms with Crippen LogP contribution >= 0.6 is 12.4 Å². The third kappa shape index (κ3) is 5.26. The average Bonchev–Trinajstić information content (AvgIpc) is 3.54. The van der Waals surface area contributed by atoms with Crippen LogP contribution in [0.2, 0.25) is 0 Å². The van der Waals surface area contributed by atoms with E-state index in [0.29, 0.717) is 22.5 Å². The second-order valence-corrected chi connectivity index (χ2v) is 9.50. The van der Waals surface area contributed by atoms with Crippen molar-refractivity contribution in [3.05, 3.63) is 35.0 Å². The largest absolute Gasteiger partial charge is 0.465 e. The second kappa shape index (κ2) is 10.7. The maximum absolute atomic E-state index is 12.4. The van der Waals surface area contributed by atoms with Gasteiger partial charge in [0.1, 0.15) is 12.5 Å². The molecule has 0 spiro atoms. The number of carboxylic acid groups (broad SMARTS) is 1. The summed E-state index contributed by atoms with van der Waals surface area (Å²) >= 11 is 0. The van der Waals surface area contributed by atoms with E-state index in [1.807, 2.05) is 0 Å². The molecule has 0 unspecified atom stereocenters. The van der Waals surface area contributed by atoms with E-state index in [2.05, 4.69) is 31.6 Å². The molecule has 2 atom stereocenters. The van der Waals surface area contributed by atoms with Crippen LogP contribution in [-0.4, -0.2) is 68.9 Å². The zero-order valence-corrected chi connectivity index (χ0v) is 22.0. The maximum atomic E-state index is 12.4. The van der Waals surface area contributed by atoms with Crippen molar-refractivity contribution in [2.45, 2.75) is 51.2 Å². The Labute approximate surface area is 222 Å². The molecular formula is C21H29ClN8O8. The molecule has 0 aromatic carbocycles. The maximum Gasteiger partial charge on any atom is 0.407 e. The molecule has 2 saturated heterocycles. The summed E-state index contributed by atoms with van der Waals surface area (Å²) in [5.74, 6) is -1.12. The lowest BCUT2D eigenvalue weighted by molar-refractivity contribution is -0.125. The van der Waals surface area contributed by atoms with Crippen LogP contribution in [-0.2, 0) is 20.7 Å². The van der Waals surface area contributed by atoms with Gasteiger partial charge in [0.15, 0.2) is 11.1 Å². The minimum Gasteiger partial charge on any atom is -0.465 e. The van der Waals surface area contributed by atoms with Gasteiger partial charge in [0.25, 0.3) is 11.8 Å². The van der Waals surface area contributed by atoms with Gasteiger partial charge in [-0.2, -0.15) is 0 Å². The summed E-state index contributed by atoms with van der Waals surface area (Å²) in [7, 11) is 0. The van der Waals surface area contributed by atoms with Crippen molar-refractivity contribution in [2.75, 3.05) is 13.1 Å². The van der Waals surface area contributed by atoms with Gasteiger partial charge in [-0.15, -0.1) is 12.4 Å². The molecule has 16 nitrogen and oxygen atoms in total. The summed E-state index contributed by atoms with van der Waals surface area (Å²) < 4.78 is 9.58. The number of imide groups is 2. The van der Waals surface area contributed by atoms with E-state index in [9.17, 15) is 29.1 Å². The normalized spacial score (nSPS) is 22.4. The Morgan fingerprint density at radius 3 is 1.66 bits per heavy atom. The zero-order chi connectivity index (χ0) is 27.8. The van der Waals surface area contributed by atoms with Gasteiger partial charge in [-0.3, -0.25) is 20.2 Å². The number of nitrogens with one attached hydrogen (secondary N) is 4. The van der Waals surface area contributed by atoms with Gasteiger partial charge in [0.2, 0.25) is 0 Å². The van der Waals surface area contributed by atoms with Crippen molar-refractivity contribution in [1.82, 2.24) is 36.5 Å².